The topological polar surface area (TPSA) is 60.2 Å². The zero-order valence-electron chi connectivity index (χ0n) is 6.43. The highest BCUT2D eigenvalue weighted by Gasteiger charge is 2.06. The summed E-state index contributed by atoms with van der Waals surface area (Å²) in [6, 6.07) is 1.69. The number of rotatable bonds is 1. The van der Waals surface area contributed by atoms with Gasteiger partial charge in [0.05, 0.1) is 12.5 Å². The first-order chi connectivity index (χ1) is 5.83. The van der Waals surface area contributed by atoms with Gasteiger partial charge in [-0.1, -0.05) is 0 Å². The van der Waals surface area contributed by atoms with Crippen molar-refractivity contribution in [2.75, 3.05) is 7.11 Å². The van der Waals surface area contributed by atoms with E-state index in [0.29, 0.717) is 16.9 Å². The molecule has 0 saturated carbocycles. The lowest BCUT2D eigenvalue weighted by molar-refractivity contribution is 0.198. The molecule has 1 N–H and O–H groups in total. The second-order valence-electron chi connectivity index (χ2n) is 2.28. The van der Waals surface area contributed by atoms with Crippen molar-refractivity contribution in [2.24, 2.45) is 0 Å². The number of hydrogen-bond acceptors (Lipinski definition) is 4. The molecule has 5 heteroatoms. The van der Waals surface area contributed by atoms with E-state index in [0.717, 1.165) is 4.73 Å². The SMILES string of the molecule is COc1ncnc2c1ccn2O. The fourth-order valence-corrected chi connectivity index (χ4v) is 1.08. The van der Waals surface area contributed by atoms with Gasteiger partial charge in [-0.2, -0.15) is 4.73 Å². The van der Waals surface area contributed by atoms with Crippen molar-refractivity contribution in [1.82, 2.24) is 14.7 Å². The third-order valence-electron chi connectivity index (χ3n) is 1.62. The summed E-state index contributed by atoms with van der Waals surface area (Å²) in [7, 11) is 1.52. The normalized spacial score (nSPS) is 10.4. The van der Waals surface area contributed by atoms with Crippen LogP contribution in [0.5, 0.6) is 5.88 Å². The van der Waals surface area contributed by atoms with E-state index in [1.54, 1.807) is 6.07 Å². The molecule has 2 aromatic heterocycles. The summed E-state index contributed by atoms with van der Waals surface area (Å²) >= 11 is 0. The summed E-state index contributed by atoms with van der Waals surface area (Å²) in [6.07, 6.45) is 2.83. The Labute approximate surface area is 68.2 Å². The van der Waals surface area contributed by atoms with Crippen LogP contribution in [0.3, 0.4) is 0 Å². The van der Waals surface area contributed by atoms with Crippen LogP contribution in [0.2, 0.25) is 0 Å². The summed E-state index contributed by atoms with van der Waals surface area (Å²) in [5.74, 6) is 0.466. The first-order valence-corrected chi connectivity index (χ1v) is 3.38. The van der Waals surface area contributed by atoms with Crippen LogP contribution in [0.15, 0.2) is 18.6 Å². The van der Waals surface area contributed by atoms with E-state index in [1.165, 1.54) is 19.6 Å². The molecule has 0 bridgehead atoms. The molecule has 2 heterocycles. The molecule has 0 aliphatic carbocycles. The van der Waals surface area contributed by atoms with Crippen LogP contribution in [0.25, 0.3) is 11.0 Å². The minimum absolute atomic E-state index is 0.446. The average Bonchev–Trinajstić information content (AvgIpc) is 2.48. The summed E-state index contributed by atoms with van der Waals surface area (Å²) < 4.78 is 5.90. The molecule has 0 fully saturated rings. The maximum Gasteiger partial charge on any atom is 0.225 e. The number of methoxy groups -OCH3 is 1. The minimum Gasteiger partial charge on any atom is -0.480 e. The van der Waals surface area contributed by atoms with Crippen LogP contribution >= 0.6 is 0 Å². The van der Waals surface area contributed by atoms with Crippen LogP contribution in [-0.2, 0) is 0 Å². The molecular formula is C7H7N3O2. The highest BCUT2D eigenvalue weighted by molar-refractivity contribution is 5.80. The lowest BCUT2D eigenvalue weighted by Gasteiger charge is -1.98. The number of hydrogen-bond donors (Lipinski definition) is 1. The molecule has 0 atom stereocenters. The summed E-state index contributed by atoms with van der Waals surface area (Å²) in [5, 5.41) is 9.90. The largest absolute Gasteiger partial charge is 0.480 e. The van der Waals surface area contributed by atoms with Crippen molar-refractivity contribution in [2.45, 2.75) is 0 Å². The highest BCUT2D eigenvalue weighted by atomic mass is 16.5. The number of aromatic nitrogens is 3. The van der Waals surface area contributed by atoms with Gasteiger partial charge in [-0.25, -0.2) is 9.97 Å². The van der Waals surface area contributed by atoms with Crippen molar-refractivity contribution >= 4 is 11.0 Å². The first-order valence-electron chi connectivity index (χ1n) is 3.38. The third kappa shape index (κ3) is 0.795. The van der Waals surface area contributed by atoms with Gasteiger partial charge in [-0.15, -0.1) is 0 Å². The molecule has 0 aromatic carbocycles. The molecule has 0 radical (unpaired) electrons. The molecule has 0 spiro atoms. The zero-order valence-corrected chi connectivity index (χ0v) is 6.43. The van der Waals surface area contributed by atoms with Gasteiger partial charge in [0.25, 0.3) is 0 Å². The van der Waals surface area contributed by atoms with Gasteiger partial charge in [0.1, 0.15) is 6.33 Å². The van der Waals surface area contributed by atoms with Crippen LogP contribution in [0, 0.1) is 0 Å². The fraction of sp³-hybridized carbons (Fsp3) is 0.143. The second kappa shape index (κ2) is 2.37. The minimum atomic E-state index is 0.446. The van der Waals surface area contributed by atoms with E-state index in [9.17, 15) is 5.21 Å². The Morgan fingerprint density at radius 1 is 1.50 bits per heavy atom. The van der Waals surface area contributed by atoms with Gasteiger partial charge in [-0.3, -0.25) is 0 Å². The molecule has 2 aromatic rings. The van der Waals surface area contributed by atoms with E-state index >= 15 is 0 Å². The van der Waals surface area contributed by atoms with E-state index in [-0.39, 0.29) is 0 Å². The monoisotopic (exact) mass is 165 g/mol. The Balaban J connectivity index is 2.81. The molecule has 62 valence electrons. The maximum atomic E-state index is 9.20. The van der Waals surface area contributed by atoms with E-state index in [1.807, 2.05) is 0 Å². The lowest BCUT2D eigenvalue weighted by Crippen LogP contribution is -1.93. The Hall–Kier alpha value is -1.78. The number of ether oxygens (including phenoxy) is 1. The third-order valence-corrected chi connectivity index (χ3v) is 1.62. The Morgan fingerprint density at radius 2 is 2.33 bits per heavy atom. The summed E-state index contributed by atoms with van der Waals surface area (Å²) in [5.41, 5.74) is 0.446. The predicted molar refractivity (Wildman–Crippen MR) is 41.3 cm³/mol. The van der Waals surface area contributed by atoms with Crippen LogP contribution in [-0.4, -0.2) is 27.0 Å². The number of fused-ring (bicyclic) bond motifs is 1. The van der Waals surface area contributed by atoms with Crippen LogP contribution in [0.4, 0.5) is 0 Å². The maximum absolute atomic E-state index is 9.20. The van der Waals surface area contributed by atoms with Crippen molar-refractivity contribution < 1.29 is 9.94 Å². The van der Waals surface area contributed by atoms with Gasteiger partial charge < -0.3 is 9.94 Å². The van der Waals surface area contributed by atoms with Crippen molar-refractivity contribution in [1.29, 1.82) is 0 Å². The molecule has 0 amide bonds. The van der Waals surface area contributed by atoms with Crippen molar-refractivity contribution in [3.63, 3.8) is 0 Å². The highest BCUT2D eigenvalue weighted by Crippen LogP contribution is 2.20. The molecule has 0 saturated heterocycles. The summed E-state index contributed by atoms with van der Waals surface area (Å²) in [4.78, 5) is 7.75. The number of nitrogens with zero attached hydrogens (tertiary/aromatic N) is 3. The van der Waals surface area contributed by atoms with Gasteiger partial charge in [0.2, 0.25) is 5.88 Å². The van der Waals surface area contributed by atoms with Crippen LogP contribution < -0.4 is 4.74 Å². The van der Waals surface area contributed by atoms with E-state index in [4.69, 9.17) is 4.74 Å². The first kappa shape index (κ1) is 6.90. The van der Waals surface area contributed by atoms with Crippen molar-refractivity contribution in [3.05, 3.63) is 18.6 Å². The smallest absolute Gasteiger partial charge is 0.225 e. The van der Waals surface area contributed by atoms with Gasteiger partial charge >= 0.3 is 0 Å². The van der Waals surface area contributed by atoms with Gasteiger partial charge in [0, 0.05) is 6.20 Å². The van der Waals surface area contributed by atoms with E-state index < -0.39 is 0 Å². The summed E-state index contributed by atoms with van der Waals surface area (Å²) in [6.45, 7) is 0. The Kier molecular flexibility index (Phi) is 1.36. The quantitative estimate of drug-likeness (QED) is 0.631. The van der Waals surface area contributed by atoms with Crippen LogP contribution in [0.1, 0.15) is 0 Å². The Bertz CT molecular complexity index is 410. The lowest BCUT2D eigenvalue weighted by atomic mass is 10.4. The van der Waals surface area contributed by atoms with Crippen molar-refractivity contribution in [3.8, 4) is 5.88 Å². The molecule has 2 rings (SSSR count). The Morgan fingerprint density at radius 3 is 3.08 bits per heavy atom. The molecule has 0 aliphatic rings. The van der Waals surface area contributed by atoms with Gasteiger partial charge in [0.15, 0.2) is 5.65 Å². The van der Waals surface area contributed by atoms with Gasteiger partial charge in [-0.05, 0) is 6.07 Å². The zero-order chi connectivity index (χ0) is 8.55. The molecule has 12 heavy (non-hydrogen) atoms. The molecule has 5 nitrogen and oxygen atoms in total. The molecule has 0 unspecified atom stereocenters. The second-order valence-corrected chi connectivity index (χ2v) is 2.28. The average molecular weight is 165 g/mol. The molecular weight excluding hydrogens is 158 g/mol. The standard InChI is InChI=1S/C7H7N3O2/c1-12-7-5-2-3-10(11)6(5)8-4-9-7/h2-4,11H,1H3. The molecule has 0 aliphatic heterocycles. The fourth-order valence-electron chi connectivity index (χ4n) is 1.08. The predicted octanol–water partition coefficient (Wildman–Crippen LogP) is 0.677. The van der Waals surface area contributed by atoms with E-state index in [2.05, 4.69) is 9.97 Å².